The Morgan fingerprint density at radius 1 is 1.30 bits per heavy atom. The molecule has 0 fully saturated rings. The number of amides is 1. The molecule has 1 aromatic heterocycles. The van der Waals surface area contributed by atoms with Crippen LogP contribution in [0, 0.1) is 0 Å². The summed E-state index contributed by atoms with van der Waals surface area (Å²) in [5.74, 6) is -0.0438. The van der Waals surface area contributed by atoms with Gasteiger partial charge in [-0.1, -0.05) is 24.3 Å². The number of nitrogens with zero attached hydrogens (tertiary/aromatic N) is 2. The Balaban J connectivity index is 2.26. The van der Waals surface area contributed by atoms with E-state index in [0.29, 0.717) is 24.0 Å². The summed E-state index contributed by atoms with van der Waals surface area (Å²) in [6, 6.07) is 6.87. The minimum atomic E-state index is -0.496. The number of aromatic amines is 1. The largest absolute Gasteiger partial charge is 0.339 e. The molecule has 1 amide bonds. The first kappa shape index (κ1) is 16.7. The van der Waals surface area contributed by atoms with Crippen LogP contribution in [0.3, 0.4) is 0 Å². The number of aryl methyl sites for hydroxylation is 1. The van der Waals surface area contributed by atoms with Gasteiger partial charge in [-0.3, -0.25) is 19.1 Å². The van der Waals surface area contributed by atoms with Gasteiger partial charge in [-0.25, -0.2) is 4.79 Å². The lowest BCUT2D eigenvalue weighted by Crippen LogP contribution is -2.35. The first-order valence-corrected chi connectivity index (χ1v) is 7.58. The molecule has 0 bridgehead atoms. The highest BCUT2D eigenvalue weighted by Crippen LogP contribution is 2.08. The van der Waals surface area contributed by atoms with E-state index >= 15 is 0 Å². The van der Waals surface area contributed by atoms with Crippen LogP contribution in [0.1, 0.15) is 20.3 Å². The molecule has 0 saturated carbocycles. The van der Waals surface area contributed by atoms with Crippen LogP contribution in [-0.2, 0) is 11.3 Å². The van der Waals surface area contributed by atoms with Gasteiger partial charge in [0.1, 0.15) is 0 Å². The van der Waals surface area contributed by atoms with Gasteiger partial charge in [0.25, 0.3) is 5.56 Å². The van der Waals surface area contributed by atoms with Crippen molar-refractivity contribution in [2.45, 2.75) is 26.8 Å². The van der Waals surface area contributed by atoms with E-state index in [2.05, 4.69) is 11.6 Å². The number of fused-ring (bicyclic) bond motifs is 1. The predicted molar refractivity (Wildman–Crippen MR) is 90.5 cm³/mol. The molecule has 0 spiro atoms. The number of H-pyrrole nitrogens is 1. The van der Waals surface area contributed by atoms with E-state index in [0.717, 1.165) is 5.57 Å². The van der Waals surface area contributed by atoms with Crippen molar-refractivity contribution >= 4 is 16.8 Å². The molecule has 6 nitrogen and oxygen atoms in total. The fraction of sp³-hybridized carbons (Fsp3) is 0.353. The average Bonchev–Trinajstić information content (AvgIpc) is 2.52. The van der Waals surface area contributed by atoms with Crippen LogP contribution in [0.25, 0.3) is 10.9 Å². The highest BCUT2D eigenvalue weighted by Gasteiger charge is 2.13. The van der Waals surface area contributed by atoms with Crippen molar-refractivity contribution in [2.24, 2.45) is 0 Å². The molecule has 0 atom stereocenters. The van der Waals surface area contributed by atoms with Crippen LogP contribution in [-0.4, -0.2) is 33.4 Å². The maximum absolute atomic E-state index is 12.3. The predicted octanol–water partition coefficient (Wildman–Crippen LogP) is 1.50. The standard InChI is InChI=1S/C17H21N3O3/c1-4-19(11-12(2)3)15(21)9-10-20-14-8-6-5-7-13(14)16(22)18-17(20)23/h5-8H,2,4,9-11H2,1,3H3,(H,18,22,23). The fourth-order valence-corrected chi connectivity index (χ4v) is 2.53. The Morgan fingerprint density at radius 3 is 2.65 bits per heavy atom. The zero-order chi connectivity index (χ0) is 17.0. The van der Waals surface area contributed by atoms with Gasteiger partial charge >= 0.3 is 5.69 Å². The molecule has 0 aliphatic carbocycles. The number of likely N-dealkylation sites (N-methyl/N-ethyl adjacent to an activating group) is 1. The summed E-state index contributed by atoms with van der Waals surface area (Å²) in [7, 11) is 0. The topological polar surface area (TPSA) is 75.2 Å². The number of aromatic nitrogens is 2. The lowest BCUT2D eigenvalue weighted by Gasteiger charge is -2.21. The molecule has 2 aromatic rings. The number of nitrogens with one attached hydrogen (secondary N) is 1. The molecule has 2 rings (SSSR count). The Kier molecular flexibility index (Phi) is 5.16. The number of rotatable bonds is 6. The van der Waals surface area contributed by atoms with Crippen molar-refractivity contribution in [1.29, 1.82) is 0 Å². The molecule has 6 heteroatoms. The summed E-state index contributed by atoms with van der Waals surface area (Å²) in [4.78, 5) is 40.1. The minimum Gasteiger partial charge on any atom is -0.339 e. The van der Waals surface area contributed by atoms with Gasteiger partial charge < -0.3 is 4.90 Å². The Morgan fingerprint density at radius 2 is 2.00 bits per heavy atom. The molecule has 1 heterocycles. The summed E-state index contributed by atoms with van der Waals surface area (Å²) < 4.78 is 1.43. The lowest BCUT2D eigenvalue weighted by atomic mass is 10.2. The molecule has 1 aromatic carbocycles. The van der Waals surface area contributed by atoms with E-state index < -0.39 is 11.2 Å². The molecular weight excluding hydrogens is 294 g/mol. The molecule has 0 radical (unpaired) electrons. The van der Waals surface area contributed by atoms with Crippen molar-refractivity contribution in [3.63, 3.8) is 0 Å². The van der Waals surface area contributed by atoms with Crippen LogP contribution in [0.2, 0.25) is 0 Å². The third-order valence-electron chi connectivity index (χ3n) is 3.65. The number of carbonyl (C=O) groups is 1. The number of hydrogen-bond donors (Lipinski definition) is 1. The monoisotopic (exact) mass is 315 g/mol. The first-order chi connectivity index (χ1) is 10.9. The third-order valence-corrected chi connectivity index (χ3v) is 3.65. The van der Waals surface area contributed by atoms with E-state index in [1.807, 2.05) is 13.8 Å². The second-order valence-corrected chi connectivity index (χ2v) is 5.54. The molecule has 0 unspecified atom stereocenters. The van der Waals surface area contributed by atoms with Gasteiger partial charge in [-0.15, -0.1) is 0 Å². The molecule has 122 valence electrons. The summed E-state index contributed by atoms with van der Waals surface area (Å²) in [5.41, 5.74) is 0.541. The third kappa shape index (κ3) is 3.77. The van der Waals surface area contributed by atoms with Gasteiger partial charge in [0, 0.05) is 26.1 Å². The smallest absolute Gasteiger partial charge is 0.328 e. The second-order valence-electron chi connectivity index (χ2n) is 5.54. The highest BCUT2D eigenvalue weighted by molar-refractivity contribution is 5.79. The molecule has 0 aliphatic rings. The van der Waals surface area contributed by atoms with E-state index in [4.69, 9.17) is 0 Å². The number of carbonyl (C=O) groups excluding carboxylic acids is 1. The Bertz CT molecular complexity index is 848. The van der Waals surface area contributed by atoms with Crippen molar-refractivity contribution < 1.29 is 4.79 Å². The molecule has 0 saturated heterocycles. The van der Waals surface area contributed by atoms with Crippen molar-refractivity contribution in [2.75, 3.05) is 13.1 Å². The zero-order valence-electron chi connectivity index (χ0n) is 13.5. The second kappa shape index (κ2) is 7.09. The Labute approximate surface area is 134 Å². The molecule has 1 N–H and O–H groups in total. The zero-order valence-corrected chi connectivity index (χ0v) is 13.5. The van der Waals surface area contributed by atoms with Gasteiger partial charge in [0.05, 0.1) is 10.9 Å². The van der Waals surface area contributed by atoms with Crippen molar-refractivity contribution in [1.82, 2.24) is 14.5 Å². The van der Waals surface area contributed by atoms with Crippen LogP contribution in [0.5, 0.6) is 0 Å². The summed E-state index contributed by atoms with van der Waals surface area (Å²) in [5, 5.41) is 0.439. The van der Waals surface area contributed by atoms with Crippen molar-refractivity contribution in [3.8, 4) is 0 Å². The van der Waals surface area contributed by atoms with E-state index in [1.165, 1.54) is 4.57 Å². The van der Waals surface area contributed by atoms with Crippen LogP contribution in [0.4, 0.5) is 0 Å². The Hall–Kier alpha value is -2.63. The van der Waals surface area contributed by atoms with Crippen LogP contribution in [0.15, 0.2) is 46.0 Å². The molecule has 23 heavy (non-hydrogen) atoms. The first-order valence-electron chi connectivity index (χ1n) is 7.58. The maximum Gasteiger partial charge on any atom is 0.328 e. The van der Waals surface area contributed by atoms with Crippen molar-refractivity contribution in [3.05, 3.63) is 57.3 Å². The molecule has 0 aliphatic heterocycles. The number of hydrogen-bond acceptors (Lipinski definition) is 3. The molecular formula is C17H21N3O3. The number of para-hydroxylation sites is 1. The van der Waals surface area contributed by atoms with E-state index in [1.54, 1.807) is 29.2 Å². The summed E-state index contributed by atoms with van der Waals surface area (Å²) in [6.45, 7) is 8.92. The quantitative estimate of drug-likeness (QED) is 0.821. The minimum absolute atomic E-state index is 0.0438. The normalized spacial score (nSPS) is 10.7. The summed E-state index contributed by atoms with van der Waals surface area (Å²) >= 11 is 0. The highest BCUT2D eigenvalue weighted by atomic mass is 16.2. The summed E-state index contributed by atoms with van der Waals surface area (Å²) in [6.07, 6.45) is 0.192. The van der Waals surface area contributed by atoms with E-state index in [9.17, 15) is 14.4 Å². The van der Waals surface area contributed by atoms with Gasteiger partial charge in [0.15, 0.2) is 0 Å². The van der Waals surface area contributed by atoms with Crippen LogP contribution >= 0.6 is 0 Å². The van der Waals surface area contributed by atoms with Gasteiger partial charge in [0.2, 0.25) is 5.91 Å². The van der Waals surface area contributed by atoms with Crippen LogP contribution < -0.4 is 11.2 Å². The van der Waals surface area contributed by atoms with Gasteiger partial charge in [-0.05, 0) is 26.0 Å². The maximum atomic E-state index is 12.3. The number of benzene rings is 1. The average molecular weight is 315 g/mol. The SMILES string of the molecule is C=C(C)CN(CC)C(=O)CCn1c(=O)[nH]c(=O)c2ccccc21. The lowest BCUT2D eigenvalue weighted by molar-refractivity contribution is -0.130. The fourth-order valence-electron chi connectivity index (χ4n) is 2.53. The van der Waals surface area contributed by atoms with Gasteiger partial charge in [-0.2, -0.15) is 0 Å². The van der Waals surface area contributed by atoms with E-state index in [-0.39, 0.29) is 18.9 Å².